The monoisotopic (exact) mass is 345 g/mol. The Morgan fingerprint density at radius 1 is 1.20 bits per heavy atom. The highest BCUT2D eigenvalue weighted by Crippen LogP contribution is 2.22. The van der Waals surface area contributed by atoms with E-state index in [1.54, 1.807) is 12.2 Å². The number of amides is 1. The number of carbonyl (C=O) groups excluding carboxylic acids is 1. The number of allylic oxidation sites excluding steroid dienone is 3. The summed E-state index contributed by atoms with van der Waals surface area (Å²) in [4.78, 5) is 11.4. The van der Waals surface area contributed by atoms with Gasteiger partial charge in [-0.25, -0.2) is 0 Å². The zero-order valence-electron chi connectivity index (χ0n) is 16.1. The molecule has 0 unspecified atom stereocenters. The molecule has 1 N–H and O–H groups in total. The van der Waals surface area contributed by atoms with E-state index in [9.17, 15) is 4.79 Å². The van der Waals surface area contributed by atoms with E-state index in [-0.39, 0.29) is 5.91 Å². The molecule has 0 aromatic heterocycles. The molecule has 1 fully saturated rings. The molecular weight excluding hydrogens is 310 g/mol. The van der Waals surface area contributed by atoms with Crippen LogP contribution in [0.4, 0.5) is 0 Å². The van der Waals surface area contributed by atoms with Crippen molar-refractivity contribution in [2.45, 2.75) is 65.2 Å². The van der Waals surface area contributed by atoms with Crippen molar-refractivity contribution in [3.63, 3.8) is 0 Å². The lowest BCUT2D eigenvalue weighted by atomic mass is 9.90. The van der Waals surface area contributed by atoms with Crippen LogP contribution in [0, 0.1) is 23.7 Å². The molecule has 3 heteroatoms. The summed E-state index contributed by atoms with van der Waals surface area (Å²) in [5.41, 5.74) is 0. The lowest BCUT2D eigenvalue weighted by Crippen LogP contribution is -2.25. The van der Waals surface area contributed by atoms with Gasteiger partial charge in [-0.2, -0.15) is 0 Å². The van der Waals surface area contributed by atoms with Gasteiger partial charge in [-0.15, -0.1) is 0 Å². The lowest BCUT2D eigenvalue weighted by Gasteiger charge is -2.15. The third-order valence-corrected chi connectivity index (χ3v) is 4.17. The summed E-state index contributed by atoms with van der Waals surface area (Å²) in [6.45, 7) is 6.23. The Hall–Kier alpha value is -1.53. The van der Waals surface area contributed by atoms with Crippen LogP contribution in [-0.4, -0.2) is 25.7 Å². The smallest absolute Gasteiger partial charge is 0.243 e. The molecule has 140 valence electrons. The first-order valence-electron chi connectivity index (χ1n) is 9.85. The first-order valence-corrected chi connectivity index (χ1v) is 9.85. The molecule has 0 spiro atoms. The zero-order chi connectivity index (χ0) is 18.2. The Labute approximate surface area is 154 Å². The largest absolute Gasteiger partial charge is 0.369 e. The first kappa shape index (κ1) is 21.5. The van der Waals surface area contributed by atoms with Gasteiger partial charge in [0.15, 0.2) is 0 Å². The molecule has 0 bridgehead atoms. The zero-order valence-corrected chi connectivity index (χ0v) is 16.1. The second-order valence-electron chi connectivity index (χ2n) is 7.13. The summed E-state index contributed by atoms with van der Waals surface area (Å²) in [6.07, 6.45) is 17.2. The number of unbranched alkanes of at least 4 members (excludes halogenated alkanes) is 2. The Morgan fingerprint density at radius 3 is 2.76 bits per heavy atom. The number of nitrogens with one attached hydrogen (secondary N) is 1. The van der Waals surface area contributed by atoms with Crippen molar-refractivity contribution in [3.05, 3.63) is 24.3 Å². The Balaban J connectivity index is 1.92. The van der Waals surface area contributed by atoms with Gasteiger partial charge >= 0.3 is 0 Å². The fourth-order valence-electron chi connectivity index (χ4n) is 2.70. The SMILES string of the molecule is CC(C)CNC(=O)/C=C/C=C/CCCCOCC#CC1CCCCC1. The molecule has 1 aliphatic carbocycles. The van der Waals surface area contributed by atoms with Crippen LogP contribution < -0.4 is 5.32 Å². The van der Waals surface area contributed by atoms with Gasteiger partial charge in [0, 0.05) is 25.1 Å². The molecule has 1 rings (SSSR count). The average Bonchev–Trinajstić information content (AvgIpc) is 2.61. The second kappa shape index (κ2) is 14.8. The Bertz CT molecular complexity index is 462. The van der Waals surface area contributed by atoms with Crippen molar-refractivity contribution in [1.82, 2.24) is 5.32 Å². The molecule has 1 amide bonds. The fraction of sp³-hybridized carbons (Fsp3) is 0.682. The van der Waals surface area contributed by atoms with Gasteiger partial charge in [0.2, 0.25) is 5.91 Å². The molecule has 0 aromatic rings. The summed E-state index contributed by atoms with van der Waals surface area (Å²) in [5.74, 6) is 7.58. The predicted octanol–water partition coefficient (Wildman–Crippen LogP) is 4.64. The van der Waals surface area contributed by atoms with Crippen LogP contribution in [0.2, 0.25) is 0 Å². The third-order valence-electron chi connectivity index (χ3n) is 4.17. The quantitative estimate of drug-likeness (QED) is 0.271. The highest BCUT2D eigenvalue weighted by Gasteiger charge is 2.09. The number of rotatable bonds is 10. The standard InChI is InChI=1S/C22H35NO2/c1-20(2)19-23-22(24)16-10-5-3-4-6-11-17-25-18-12-15-21-13-8-7-9-14-21/h3,5,10,16,20-21H,4,6-9,11,13-14,17-19H2,1-2H3,(H,23,24)/b5-3+,16-10+. The Morgan fingerprint density at radius 2 is 2.00 bits per heavy atom. The van der Waals surface area contributed by atoms with Crippen molar-refractivity contribution in [2.24, 2.45) is 11.8 Å². The minimum atomic E-state index is -0.0268. The van der Waals surface area contributed by atoms with Crippen LogP contribution in [0.1, 0.15) is 65.2 Å². The second-order valence-corrected chi connectivity index (χ2v) is 7.13. The van der Waals surface area contributed by atoms with Crippen LogP contribution in [0.15, 0.2) is 24.3 Å². The van der Waals surface area contributed by atoms with Crippen LogP contribution in [-0.2, 0) is 9.53 Å². The van der Waals surface area contributed by atoms with E-state index in [0.29, 0.717) is 18.4 Å². The van der Waals surface area contributed by atoms with E-state index in [2.05, 4.69) is 37.1 Å². The maximum Gasteiger partial charge on any atom is 0.243 e. The molecule has 0 heterocycles. The Kier molecular flexibility index (Phi) is 12.7. The summed E-state index contributed by atoms with van der Waals surface area (Å²) >= 11 is 0. The van der Waals surface area contributed by atoms with E-state index in [4.69, 9.17) is 4.74 Å². The van der Waals surface area contributed by atoms with E-state index in [1.807, 2.05) is 6.08 Å². The van der Waals surface area contributed by atoms with E-state index >= 15 is 0 Å². The van der Waals surface area contributed by atoms with Gasteiger partial charge in [-0.3, -0.25) is 4.79 Å². The highest BCUT2D eigenvalue weighted by molar-refractivity contribution is 5.87. The summed E-state index contributed by atoms with van der Waals surface area (Å²) < 4.78 is 5.57. The summed E-state index contributed by atoms with van der Waals surface area (Å²) in [6, 6.07) is 0. The maximum atomic E-state index is 11.4. The highest BCUT2D eigenvalue weighted by atomic mass is 16.5. The van der Waals surface area contributed by atoms with Crippen LogP contribution >= 0.6 is 0 Å². The fourth-order valence-corrected chi connectivity index (χ4v) is 2.70. The normalized spacial score (nSPS) is 15.6. The van der Waals surface area contributed by atoms with Crippen molar-refractivity contribution >= 4 is 5.91 Å². The van der Waals surface area contributed by atoms with Gasteiger partial charge in [0.05, 0.1) is 0 Å². The number of hydrogen-bond acceptors (Lipinski definition) is 2. The van der Waals surface area contributed by atoms with Gasteiger partial charge in [0.1, 0.15) is 6.61 Å². The molecule has 0 atom stereocenters. The molecule has 0 saturated heterocycles. The number of hydrogen-bond donors (Lipinski definition) is 1. The van der Waals surface area contributed by atoms with Crippen LogP contribution in [0.25, 0.3) is 0 Å². The van der Waals surface area contributed by atoms with Gasteiger partial charge in [0.25, 0.3) is 0 Å². The van der Waals surface area contributed by atoms with Crippen molar-refractivity contribution in [3.8, 4) is 11.8 Å². The molecule has 25 heavy (non-hydrogen) atoms. The third kappa shape index (κ3) is 13.4. The molecule has 3 nitrogen and oxygen atoms in total. The molecular formula is C22H35NO2. The minimum Gasteiger partial charge on any atom is -0.369 e. The summed E-state index contributed by atoms with van der Waals surface area (Å²) in [7, 11) is 0. The number of carbonyl (C=O) groups is 1. The molecule has 1 saturated carbocycles. The molecule has 0 aromatic carbocycles. The van der Waals surface area contributed by atoms with Crippen LogP contribution in [0.5, 0.6) is 0 Å². The lowest BCUT2D eigenvalue weighted by molar-refractivity contribution is -0.116. The molecule has 1 aliphatic rings. The van der Waals surface area contributed by atoms with Crippen LogP contribution in [0.3, 0.4) is 0 Å². The molecule has 0 aliphatic heterocycles. The summed E-state index contributed by atoms with van der Waals surface area (Å²) in [5, 5.41) is 2.85. The van der Waals surface area contributed by atoms with Gasteiger partial charge < -0.3 is 10.1 Å². The minimum absolute atomic E-state index is 0.0268. The van der Waals surface area contributed by atoms with E-state index in [0.717, 1.165) is 32.4 Å². The van der Waals surface area contributed by atoms with Crippen molar-refractivity contribution < 1.29 is 9.53 Å². The van der Waals surface area contributed by atoms with E-state index in [1.165, 1.54) is 32.1 Å². The topological polar surface area (TPSA) is 38.3 Å². The predicted molar refractivity (Wildman–Crippen MR) is 105 cm³/mol. The first-order chi connectivity index (χ1) is 12.2. The average molecular weight is 346 g/mol. The van der Waals surface area contributed by atoms with Crippen molar-refractivity contribution in [1.29, 1.82) is 0 Å². The van der Waals surface area contributed by atoms with Crippen molar-refractivity contribution in [2.75, 3.05) is 19.8 Å². The maximum absolute atomic E-state index is 11.4. The van der Waals surface area contributed by atoms with Gasteiger partial charge in [-0.1, -0.05) is 63.2 Å². The van der Waals surface area contributed by atoms with Gasteiger partial charge in [-0.05, 0) is 38.0 Å². The van der Waals surface area contributed by atoms with E-state index < -0.39 is 0 Å². The number of ether oxygens (including phenoxy) is 1. The molecule has 0 radical (unpaired) electrons.